The van der Waals surface area contributed by atoms with Crippen LogP contribution in [-0.4, -0.2) is 9.47 Å². The minimum Gasteiger partial charge on any atom is -0.321 e. The number of rotatable bonds is 4. The fourth-order valence-electron chi connectivity index (χ4n) is 9.37. The van der Waals surface area contributed by atoms with Crippen molar-refractivity contribution in [2.24, 2.45) is 5.92 Å². The average molecular weight is 675 g/mol. The van der Waals surface area contributed by atoms with Gasteiger partial charge >= 0.3 is 0 Å². The first-order valence-corrected chi connectivity index (χ1v) is 19.4. The summed E-state index contributed by atoms with van der Waals surface area (Å²) >= 11 is 1.90. The maximum atomic E-state index is 2.66. The average Bonchev–Trinajstić information content (AvgIpc) is 3.85. The molecular formula is C48H38N2S. The van der Waals surface area contributed by atoms with Crippen LogP contribution >= 0.6 is 11.3 Å². The van der Waals surface area contributed by atoms with E-state index in [1.165, 1.54) is 92.6 Å². The van der Waals surface area contributed by atoms with Gasteiger partial charge in [-0.3, -0.25) is 0 Å². The summed E-state index contributed by atoms with van der Waals surface area (Å²) in [5, 5.41) is 5.44. The zero-order valence-corrected chi connectivity index (χ0v) is 29.4. The first-order valence-electron chi connectivity index (χ1n) is 18.6. The summed E-state index contributed by atoms with van der Waals surface area (Å²) in [5.74, 6) is 0.351. The largest absolute Gasteiger partial charge is 0.321 e. The van der Waals surface area contributed by atoms with Gasteiger partial charge in [0.05, 0.1) is 11.0 Å². The Hall–Kier alpha value is -5.38. The van der Waals surface area contributed by atoms with Crippen molar-refractivity contribution in [3.8, 4) is 0 Å². The minimum absolute atomic E-state index is 0.351. The van der Waals surface area contributed by atoms with E-state index in [4.69, 9.17) is 0 Å². The Kier molecular flexibility index (Phi) is 6.67. The van der Waals surface area contributed by atoms with Crippen LogP contribution in [0.15, 0.2) is 162 Å². The van der Waals surface area contributed by atoms with Gasteiger partial charge in [0.2, 0.25) is 0 Å². The van der Waals surface area contributed by atoms with E-state index in [0.29, 0.717) is 5.92 Å². The van der Waals surface area contributed by atoms with Gasteiger partial charge in [-0.2, -0.15) is 0 Å². The van der Waals surface area contributed by atoms with Crippen molar-refractivity contribution in [3.63, 3.8) is 0 Å². The van der Waals surface area contributed by atoms with Crippen LogP contribution in [0.3, 0.4) is 0 Å². The number of allylic oxidation sites excluding steroid dienone is 15. The van der Waals surface area contributed by atoms with Crippen LogP contribution in [-0.2, 0) is 0 Å². The Morgan fingerprint density at radius 3 is 2.16 bits per heavy atom. The molecule has 51 heavy (non-hydrogen) atoms. The molecule has 0 radical (unpaired) electrons. The van der Waals surface area contributed by atoms with Gasteiger partial charge in [0.1, 0.15) is 0 Å². The van der Waals surface area contributed by atoms with Gasteiger partial charge in [-0.1, -0.05) is 85.0 Å². The van der Waals surface area contributed by atoms with E-state index in [-0.39, 0.29) is 0 Å². The number of nitrogens with zero attached hydrogens (tertiary/aromatic N) is 2. The molecule has 2 nitrogen and oxygen atoms in total. The highest BCUT2D eigenvalue weighted by Crippen LogP contribution is 2.52. The van der Waals surface area contributed by atoms with E-state index in [2.05, 4.69) is 149 Å². The molecule has 11 rings (SSSR count). The van der Waals surface area contributed by atoms with Crippen molar-refractivity contribution in [1.29, 1.82) is 0 Å². The summed E-state index contributed by atoms with van der Waals surface area (Å²) < 4.78 is 5.24. The molecule has 4 aliphatic carbocycles. The topological polar surface area (TPSA) is 8.17 Å². The summed E-state index contributed by atoms with van der Waals surface area (Å²) in [5.41, 5.74) is 15.5. The predicted octanol–water partition coefficient (Wildman–Crippen LogP) is 13.3. The standard InChI is InChI=1S/C48H38N2S/c1-3-11-35(12-4-1)49-43-17-9-7-15-37(43)39-27-31(19-23-44(39)49)32-20-24-45-40(28-32)41-29-33(21-25-46(41)50(45)36-13-5-2-6-14-36)34-22-26-48-42(30-34)38-16-8-10-18-47(38)51-48/h1-3,5,7-11,13,15-20,22-24,26-27,29-30,40H,4,6,12,14,21,25,28H2. The van der Waals surface area contributed by atoms with Crippen LogP contribution < -0.4 is 0 Å². The zero-order valence-electron chi connectivity index (χ0n) is 28.6. The van der Waals surface area contributed by atoms with Gasteiger partial charge in [-0.05, 0) is 127 Å². The van der Waals surface area contributed by atoms with Crippen LogP contribution in [0.1, 0.15) is 56.1 Å². The minimum atomic E-state index is 0.351. The Bertz CT molecular complexity index is 2730. The monoisotopic (exact) mass is 674 g/mol. The summed E-state index contributed by atoms with van der Waals surface area (Å²) in [6.07, 6.45) is 28.7. The molecule has 1 aliphatic heterocycles. The van der Waals surface area contributed by atoms with E-state index in [1.807, 2.05) is 11.3 Å². The molecule has 3 heteroatoms. The normalized spacial score (nSPS) is 20.1. The molecule has 0 amide bonds. The van der Waals surface area contributed by atoms with Gasteiger partial charge in [0.15, 0.2) is 0 Å². The molecule has 0 N–H and O–H groups in total. The molecule has 0 saturated carbocycles. The number of hydrogen-bond acceptors (Lipinski definition) is 2. The summed E-state index contributed by atoms with van der Waals surface area (Å²) in [6.45, 7) is 0. The maximum absolute atomic E-state index is 2.66. The third-order valence-corrected chi connectivity index (χ3v) is 12.9. The Morgan fingerprint density at radius 2 is 1.29 bits per heavy atom. The maximum Gasteiger partial charge on any atom is 0.0538 e. The number of benzene rings is 4. The van der Waals surface area contributed by atoms with Gasteiger partial charge in [-0.25, -0.2) is 0 Å². The lowest BCUT2D eigenvalue weighted by molar-refractivity contribution is 0.474. The van der Waals surface area contributed by atoms with Crippen LogP contribution in [0.4, 0.5) is 0 Å². The fraction of sp³-hybridized carbons (Fsp3) is 0.167. The number of hydrogen-bond donors (Lipinski definition) is 0. The van der Waals surface area contributed by atoms with E-state index in [9.17, 15) is 0 Å². The molecule has 4 aromatic carbocycles. The second-order valence-electron chi connectivity index (χ2n) is 14.6. The number of para-hydroxylation sites is 1. The van der Waals surface area contributed by atoms with Crippen molar-refractivity contribution < 1.29 is 0 Å². The van der Waals surface area contributed by atoms with E-state index < -0.39 is 0 Å². The highest BCUT2D eigenvalue weighted by Gasteiger charge is 2.40. The van der Waals surface area contributed by atoms with Crippen molar-refractivity contribution >= 4 is 70.2 Å². The number of fused-ring (bicyclic) bond motifs is 8. The molecule has 6 aromatic rings. The van der Waals surface area contributed by atoms with E-state index in [1.54, 1.807) is 0 Å². The number of thiophene rings is 1. The lowest BCUT2D eigenvalue weighted by atomic mass is 9.81. The van der Waals surface area contributed by atoms with Crippen molar-refractivity contribution in [1.82, 2.24) is 9.47 Å². The molecule has 0 saturated heterocycles. The first kappa shape index (κ1) is 29.4. The van der Waals surface area contributed by atoms with Crippen molar-refractivity contribution in [3.05, 3.63) is 173 Å². The molecule has 5 aliphatic rings. The predicted molar refractivity (Wildman–Crippen MR) is 218 cm³/mol. The summed E-state index contributed by atoms with van der Waals surface area (Å²) in [6, 6.07) is 32.2. The fourth-order valence-corrected chi connectivity index (χ4v) is 10.5. The quantitative estimate of drug-likeness (QED) is 0.181. The lowest BCUT2D eigenvalue weighted by Crippen LogP contribution is -2.21. The summed E-state index contributed by atoms with van der Waals surface area (Å²) in [4.78, 5) is 2.66. The van der Waals surface area contributed by atoms with Gasteiger partial charge < -0.3 is 9.47 Å². The Morgan fingerprint density at radius 1 is 0.569 bits per heavy atom. The van der Waals surface area contributed by atoms with E-state index >= 15 is 0 Å². The molecule has 246 valence electrons. The van der Waals surface area contributed by atoms with Gasteiger partial charge in [-0.15, -0.1) is 11.3 Å². The highest BCUT2D eigenvalue weighted by molar-refractivity contribution is 7.25. The molecule has 0 fully saturated rings. The Labute approximate surface area is 302 Å². The van der Waals surface area contributed by atoms with Gasteiger partial charge in [0, 0.05) is 59.7 Å². The Balaban J connectivity index is 1.01. The zero-order chi connectivity index (χ0) is 33.5. The SMILES string of the molecule is C1=CCCC(N2C3=CC=C(c4ccc5c(c4)c4ccccc4n5C4=CC=CCC4)CC3C3=C2CCC(c2ccc4sc5ccccc5c4c2)=C3)=C1. The smallest absolute Gasteiger partial charge is 0.0538 e. The molecule has 0 bridgehead atoms. The summed E-state index contributed by atoms with van der Waals surface area (Å²) in [7, 11) is 0. The molecular weight excluding hydrogens is 637 g/mol. The molecule has 2 aromatic heterocycles. The van der Waals surface area contributed by atoms with Crippen molar-refractivity contribution in [2.45, 2.75) is 44.9 Å². The first-order chi connectivity index (χ1) is 25.3. The van der Waals surface area contributed by atoms with Gasteiger partial charge in [0.25, 0.3) is 0 Å². The second-order valence-corrected chi connectivity index (χ2v) is 15.7. The molecule has 0 spiro atoms. The third-order valence-electron chi connectivity index (χ3n) is 11.8. The van der Waals surface area contributed by atoms with E-state index in [0.717, 1.165) is 44.9 Å². The highest BCUT2D eigenvalue weighted by atomic mass is 32.1. The van der Waals surface area contributed by atoms with Crippen LogP contribution in [0.5, 0.6) is 0 Å². The van der Waals surface area contributed by atoms with Crippen LogP contribution in [0, 0.1) is 5.92 Å². The molecule has 1 atom stereocenters. The molecule has 3 heterocycles. The van der Waals surface area contributed by atoms with Crippen LogP contribution in [0.2, 0.25) is 0 Å². The number of aromatic nitrogens is 1. The van der Waals surface area contributed by atoms with Crippen molar-refractivity contribution in [2.75, 3.05) is 0 Å². The van der Waals surface area contributed by atoms with Crippen LogP contribution in [0.25, 0.3) is 58.8 Å². The lowest BCUT2D eigenvalue weighted by Gasteiger charge is -2.31. The second kappa shape index (κ2) is 11.6. The molecule has 1 unspecified atom stereocenters. The third kappa shape index (κ3) is 4.61.